The number of nitrogens with one attached hydrogen (secondary N) is 1. The van der Waals surface area contributed by atoms with E-state index in [2.05, 4.69) is 9.71 Å². The van der Waals surface area contributed by atoms with Gasteiger partial charge >= 0.3 is 0 Å². The molecule has 1 rings (SSSR count). The van der Waals surface area contributed by atoms with Crippen molar-refractivity contribution in [3.8, 4) is 0 Å². The maximum Gasteiger partial charge on any atom is 0.235 e. The van der Waals surface area contributed by atoms with Gasteiger partial charge < -0.3 is 0 Å². The second kappa shape index (κ2) is 3.91. The quantitative estimate of drug-likeness (QED) is 0.833. The van der Waals surface area contributed by atoms with Crippen molar-refractivity contribution in [1.29, 1.82) is 0 Å². The van der Waals surface area contributed by atoms with Crippen molar-refractivity contribution in [3.05, 3.63) is 24.3 Å². The molecule has 0 bridgehead atoms. The van der Waals surface area contributed by atoms with E-state index in [9.17, 15) is 12.8 Å². The normalized spacial score (nSPS) is 11.7. The molecule has 0 unspecified atom stereocenters. The first kappa shape index (κ1) is 10.9. The SMILES string of the molecule is CC(C)S(=O)(=O)Nc1ccncc1F. The minimum absolute atomic E-state index is 0.0753. The molecule has 0 fully saturated rings. The molecular weight excluding hydrogens is 207 g/mol. The predicted molar refractivity (Wildman–Crippen MR) is 51.9 cm³/mol. The number of rotatable bonds is 3. The standard InChI is InChI=1S/C8H11FN2O2S/c1-6(2)14(12,13)11-8-3-4-10-5-7(8)9/h3-6H,1-2H3,(H,10,11). The number of pyridine rings is 1. The number of hydrogen-bond donors (Lipinski definition) is 1. The van der Waals surface area contributed by atoms with Crippen LogP contribution in [0.4, 0.5) is 10.1 Å². The van der Waals surface area contributed by atoms with Crippen LogP contribution in [0.3, 0.4) is 0 Å². The highest BCUT2D eigenvalue weighted by molar-refractivity contribution is 7.93. The molecule has 78 valence electrons. The van der Waals surface area contributed by atoms with E-state index in [0.717, 1.165) is 6.20 Å². The van der Waals surface area contributed by atoms with Gasteiger partial charge in [-0.05, 0) is 19.9 Å². The number of sulfonamides is 1. The number of nitrogens with zero attached hydrogens (tertiary/aromatic N) is 1. The van der Waals surface area contributed by atoms with Gasteiger partial charge in [-0.15, -0.1) is 0 Å². The van der Waals surface area contributed by atoms with Crippen LogP contribution in [0.5, 0.6) is 0 Å². The van der Waals surface area contributed by atoms with Crippen molar-refractivity contribution in [2.24, 2.45) is 0 Å². The van der Waals surface area contributed by atoms with Crippen LogP contribution >= 0.6 is 0 Å². The summed E-state index contributed by atoms with van der Waals surface area (Å²) in [5.41, 5.74) is -0.0753. The summed E-state index contributed by atoms with van der Waals surface area (Å²) < 4.78 is 37.8. The van der Waals surface area contributed by atoms with Crippen molar-refractivity contribution in [3.63, 3.8) is 0 Å². The van der Waals surface area contributed by atoms with Gasteiger partial charge in [-0.1, -0.05) is 0 Å². The van der Waals surface area contributed by atoms with E-state index < -0.39 is 21.1 Å². The zero-order valence-corrected chi connectivity index (χ0v) is 8.68. The number of hydrogen-bond acceptors (Lipinski definition) is 3. The molecule has 0 aromatic carbocycles. The Morgan fingerprint density at radius 3 is 2.64 bits per heavy atom. The molecule has 1 N–H and O–H groups in total. The van der Waals surface area contributed by atoms with Gasteiger partial charge in [0.2, 0.25) is 10.0 Å². The molecular formula is C8H11FN2O2S. The third-order valence-electron chi connectivity index (χ3n) is 1.65. The molecule has 6 heteroatoms. The molecule has 1 heterocycles. The molecule has 0 spiro atoms. The Bertz CT molecular complexity index is 417. The minimum atomic E-state index is -3.49. The number of anilines is 1. The first-order valence-electron chi connectivity index (χ1n) is 4.04. The fraction of sp³-hybridized carbons (Fsp3) is 0.375. The second-order valence-corrected chi connectivity index (χ2v) is 5.29. The Kier molecular flexibility index (Phi) is 3.05. The maximum atomic E-state index is 13.0. The van der Waals surface area contributed by atoms with E-state index in [4.69, 9.17) is 0 Å². The van der Waals surface area contributed by atoms with Gasteiger partial charge in [-0.3, -0.25) is 9.71 Å². The lowest BCUT2D eigenvalue weighted by Crippen LogP contribution is -2.23. The summed E-state index contributed by atoms with van der Waals surface area (Å²) in [4.78, 5) is 3.51. The Morgan fingerprint density at radius 1 is 1.50 bits per heavy atom. The summed E-state index contributed by atoms with van der Waals surface area (Å²) in [6.45, 7) is 3.03. The van der Waals surface area contributed by atoms with Crippen molar-refractivity contribution >= 4 is 15.7 Å². The van der Waals surface area contributed by atoms with Crippen molar-refractivity contribution < 1.29 is 12.8 Å². The minimum Gasteiger partial charge on any atom is -0.280 e. The number of halogens is 1. The third kappa shape index (κ3) is 2.41. The molecule has 0 amide bonds. The van der Waals surface area contributed by atoms with Gasteiger partial charge in [0.1, 0.15) is 0 Å². The highest BCUT2D eigenvalue weighted by atomic mass is 32.2. The summed E-state index contributed by atoms with van der Waals surface area (Å²) in [6.07, 6.45) is 2.28. The second-order valence-electron chi connectivity index (χ2n) is 3.05. The topological polar surface area (TPSA) is 59.1 Å². The van der Waals surface area contributed by atoms with Gasteiger partial charge in [0.25, 0.3) is 0 Å². The lowest BCUT2D eigenvalue weighted by molar-refractivity contribution is 0.590. The van der Waals surface area contributed by atoms with Crippen LogP contribution in [0, 0.1) is 5.82 Å². The highest BCUT2D eigenvalue weighted by Crippen LogP contribution is 2.14. The first-order valence-corrected chi connectivity index (χ1v) is 5.59. The Morgan fingerprint density at radius 2 is 2.14 bits per heavy atom. The fourth-order valence-corrected chi connectivity index (χ4v) is 1.44. The van der Waals surface area contributed by atoms with Crippen LogP contribution in [-0.4, -0.2) is 18.7 Å². The molecule has 0 aliphatic heterocycles. The van der Waals surface area contributed by atoms with Crippen LogP contribution < -0.4 is 4.72 Å². The molecule has 1 aromatic heterocycles. The smallest absolute Gasteiger partial charge is 0.235 e. The predicted octanol–water partition coefficient (Wildman–Crippen LogP) is 1.37. The Balaban J connectivity index is 2.96. The van der Waals surface area contributed by atoms with E-state index in [0.29, 0.717) is 0 Å². The van der Waals surface area contributed by atoms with Gasteiger partial charge in [-0.2, -0.15) is 0 Å². The summed E-state index contributed by atoms with van der Waals surface area (Å²) in [5, 5.41) is -0.602. The summed E-state index contributed by atoms with van der Waals surface area (Å²) in [5.74, 6) is -0.684. The fourth-order valence-electron chi connectivity index (χ4n) is 0.729. The zero-order valence-electron chi connectivity index (χ0n) is 7.86. The number of aromatic nitrogens is 1. The van der Waals surface area contributed by atoms with E-state index in [1.807, 2.05) is 0 Å². The van der Waals surface area contributed by atoms with Gasteiger partial charge in [-0.25, -0.2) is 12.8 Å². The summed E-state index contributed by atoms with van der Waals surface area (Å²) in [6, 6.07) is 1.27. The molecule has 0 saturated carbocycles. The van der Waals surface area contributed by atoms with Gasteiger partial charge in [0.05, 0.1) is 17.1 Å². The van der Waals surface area contributed by atoms with Crippen molar-refractivity contribution in [2.75, 3.05) is 4.72 Å². The zero-order chi connectivity index (χ0) is 10.8. The first-order chi connectivity index (χ1) is 6.43. The lowest BCUT2D eigenvalue weighted by atomic mass is 10.4. The highest BCUT2D eigenvalue weighted by Gasteiger charge is 2.17. The molecule has 14 heavy (non-hydrogen) atoms. The maximum absolute atomic E-state index is 13.0. The van der Waals surface area contributed by atoms with Crippen molar-refractivity contribution in [1.82, 2.24) is 4.98 Å². The van der Waals surface area contributed by atoms with Crippen LogP contribution in [-0.2, 0) is 10.0 Å². The van der Waals surface area contributed by atoms with Gasteiger partial charge in [0, 0.05) is 6.20 Å². The van der Waals surface area contributed by atoms with E-state index >= 15 is 0 Å². The molecule has 0 atom stereocenters. The van der Waals surface area contributed by atoms with Crippen LogP contribution in [0.15, 0.2) is 18.5 Å². The largest absolute Gasteiger partial charge is 0.280 e. The van der Waals surface area contributed by atoms with E-state index in [-0.39, 0.29) is 5.69 Å². The van der Waals surface area contributed by atoms with Crippen LogP contribution in [0.1, 0.15) is 13.8 Å². The molecule has 0 aliphatic rings. The van der Waals surface area contributed by atoms with Crippen LogP contribution in [0.25, 0.3) is 0 Å². The molecule has 0 aliphatic carbocycles. The Labute approximate surface area is 82.2 Å². The van der Waals surface area contributed by atoms with E-state index in [1.54, 1.807) is 0 Å². The molecule has 1 aromatic rings. The monoisotopic (exact) mass is 218 g/mol. The summed E-state index contributed by atoms with van der Waals surface area (Å²) in [7, 11) is -3.49. The van der Waals surface area contributed by atoms with Crippen molar-refractivity contribution in [2.45, 2.75) is 19.1 Å². The molecule has 4 nitrogen and oxygen atoms in total. The average molecular weight is 218 g/mol. The van der Waals surface area contributed by atoms with Gasteiger partial charge in [0.15, 0.2) is 5.82 Å². The average Bonchev–Trinajstić information content (AvgIpc) is 2.08. The third-order valence-corrected chi connectivity index (χ3v) is 3.39. The van der Waals surface area contributed by atoms with E-state index in [1.165, 1.54) is 26.1 Å². The molecule has 0 radical (unpaired) electrons. The molecule has 0 saturated heterocycles. The summed E-state index contributed by atoms with van der Waals surface area (Å²) >= 11 is 0. The van der Waals surface area contributed by atoms with Crippen LogP contribution in [0.2, 0.25) is 0 Å². The Hall–Kier alpha value is -1.17. The lowest BCUT2D eigenvalue weighted by Gasteiger charge is -2.10.